The average molecular weight is 361 g/mol. The molecule has 146 valence electrons. The molecule has 0 aromatic heterocycles. The fourth-order valence-electron chi connectivity index (χ4n) is 8.44. The predicted molar refractivity (Wildman–Crippen MR) is 101 cm³/mol. The molecule has 0 aliphatic heterocycles. The van der Waals surface area contributed by atoms with Crippen LogP contribution < -0.4 is 0 Å². The summed E-state index contributed by atoms with van der Waals surface area (Å²) in [6, 6.07) is 0. The Morgan fingerprint density at radius 1 is 1.00 bits per heavy atom. The van der Waals surface area contributed by atoms with Gasteiger partial charge in [0.1, 0.15) is 11.9 Å². The highest BCUT2D eigenvalue weighted by molar-refractivity contribution is 5.84. The highest BCUT2D eigenvalue weighted by Crippen LogP contribution is 2.72. The Bertz CT molecular complexity index is 627. The zero-order valence-corrected chi connectivity index (χ0v) is 17.3. The Labute approximate surface area is 158 Å². The van der Waals surface area contributed by atoms with E-state index in [0.29, 0.717) is 34.9 Å². The van der Waals surface area contributed by atoms with E-state index in [2.05, 4.69) is 27.7 Å². The number of hydrogen-bond acceptors (Lipinski definition) is 3. The molecule has 4 aliphatic carbocycles. The first-order chi connectivity index (χ1) is 12.1. The van der Waals surface area contributed by atoms with Crippen LogP contribution in [0.2, 0.25) is 0 Å². The molecule has 0 amide bonds. The van der Waals surface area contributed by atoms with E-state index >= 15 is 0 Å². The van der Waals surface area contributed by atoms with Crippen LogP contribution >= 0.6 is 0 Å². The maximum Gasteiger partial charge on any atom is 0.302 e. The van der Waals surface area contributed by atoms with E-state index in [0.717, 1.165) is 32.1 Å². The van der Waals surface area contributed by atoms with Crippen molar-refractivity contribution >= 4 is 11.8 Å². The lowest BCUT2D eigenvalue weighted by molar-refractivity contribution is -0.204. The van der Waals surface area contributed by atoms with Gasteiger partial charge in [-0.2, -0.15) is 0 Å². The molecule has 0 radical (unpaired) electrons. The van der Waals surface area contributed by atoms with Gasteiger partial charge in [-0.1, -0.05) is 27.7 Å². The van der Waals surface area contributed by atoms with Crippen molar-refractivity contribution in [2.45, 2.75) is 92.1 Å². The van der Waals surface area contributed by atoms with Crippen molar-refractivity contribution in [3.05, 3.63) is 0 Å². The Hall–Kier alpha value is -0.860. The second-order valence-corrected chi connectivity index (χ2v) is 10.7. The molecule has 0 N–H and O–H groups in total. The van der Waals surface area contributed by atoms with E-state index in [4.69, 9.17) is 4.74 Å². The lowest BCUT2D eigenvalue weighted by Gasteiger charge is -2.67. The number of ether oxygens (including phenoxy) is 1. The normalized spacial score (nSPS) is 53.4. The Morgan fingerprint density at radius 3 is 2.42 bits per heavy atom. The molecule has 0 saturated heterocycles. The summed E-state index contributed by atoms with van der Waals surface area (Å²) in [5.74, 6) is 2.48. The number of rotatable bonds is 1. The molecular formula is C23H36O3. The van der Waals surface area contributed by atoms with E-state index in [1.165, 1.54) is 26.2 Å². The number of hydrogen-bond donors (Lipinski definition) is 0. The molecule has 0 spiro atoms. The zero-order chi connectivity index (χ0) is 18.9. The minimum Gasteiger partial charge on any atom is -0.462 e. The van der Waals surface area contributed by atoms with Gasteiger partial charge in [-0.3, -0.25) is 9.59 Å². The van der Waals surface area contributed by atoms with Gasteiger partial charge in [0.2, 0.25) is 0 Å². The van der Waals surface area contributed by atoms with Crippen molar-refractivity contribution in [2.75, 3.05) is 0 Å². The van der Waals surface area contributed by atoms with E-state index in [1.54, 1.807) is 0 Å². The van der Waals surface area contributed by atoms with Crippen LogP contribution in [-0.2, 0) is 14.3 Å². The summed E-state index contributed by atoms with van der Waals surface area (Å²) in [4.78, 5) is 24.1. The van der Waals surface area contributed by atoms with Crippen LogP contribution in [0.15, 0.2) is 0 Å². The van der Waals surface area contributed by atoms with Crippen molar-refractivity contribution in [1.29, 1.82) is 0 Å². The number of carbonyl (C=O) groups is 2. The van der Waals surface area contributed by atoms with E-state index in [-0.39, 0.29) is 22.9 Å². The van der Waals surface area contributed by atoms with Crippen LogP contribution in [-0.4, -0.2) is 17.9 Å². The Kier molecular flexibility index (Phi) is 4.14. The van der Waals surface area contributed by atoms with Crippen molar-refractivity contribution in [3.63, 3.8) is 0 Å². The number of fused-ring (bicyclic) bond motifs is 5. The number of ketones is 1. The molecule has 0 heterocycles. The van der Waals surface area contributed by atoms with Crippen LogP contribution in [0.1, 0.15) is 86.0 Å². The van der Waals surface area contributed by atoms with Crippen LogP contribution in [0.4, 0.5) is 0 Å². The predicted octanol–water partition coefficient (Wildman–Crippen LogP) is 5.17. The fraction of sp³-hybridized carbons (Fsp3) is 0.913. The van der Waals surface area contributed by atoms with Crippen LogP contribution in [0.3, 0.4) is 0 Å². The molecular weight excluding hydrogens is 324 g/mol. The van der Waals surface area contributed by atoms with Gasteiger partial charge in [-0.25, -0.2) is 0 Å². The molecule has 26 heavy (non-hydrogen) atoms. The highest BCUT2D eigenvalue weighted by Gasteiger charge is 2.67. The molecule has 3 nitrogen and oxygen atoms in total. The lowest BCUT2D eigenvalue weighted by Crippen LogP contribution is -2.62. The molecule has 4 fully saturated rings. The van der Waals surface area contributed by atoms with Crippen LogP contribution in [0.25, 0.3) is 0 Å². The van der Waals surface area contributed by atoms with Gasteiger partial charge in [0.25, 0.3) is 0 Å². The Balaban J connectivity index is 1.66. The second kappa shape index (κ2) is 5.82. The van der Waals surface area contributed by atoms with Crippen molar-refractivity contribution in [3.8, 4) is 0 Å². The molecule has 4 aliphatic rings. The first kappa shape index (κ1) is 18.5. The lowest BCUT2D eigenvalue weighted by atomic mass is 9.37. The van der Waals surface area contributed by atoms with Crippen molar-refractivity contribution in [1.82, 2.24) is 0 Å². The van der Waals surface area contributed by atoms with E-state index in [1.807, 2.05) is 0 Å². The van der Waals surface area contributed by atoms with Gasteiger partial charge in [0.15, 0.2) is 0 Å². The monoisotopic (exact) mass is 360 g/mol. The molecule has 0 aromatic rings. The maximum atomic E-state index is 12.5. The first-order valence-electron chi connectivity index (χ1n) is 10.8. The van der Waals surface area contributed by atoms with Gasteiger partial charge in [-0.05, 0) is 78.9 Å². The summed E-state index contributed by atoms with van der Waals surface area (Å²) in [5.41, 5.74) is 0.793. The fourth-order valence-corrected chi connectivity index (χ4v) is 8.44. The maximum absolute atomic E-state index is 12.5. The zero-order valence-electron chi connectivity index (χ0n) is 17.3. The first-order valence-corrected chi connectivity index (χ1v) is 10.8. The third kappa shape index (κ3) is 2.24. The average Bonchev–Trinajstić information content (AvgIpc) is 2.87. The van der Waals surface area contributed by atoms with Gasteiger partial charge in [0.05, 0.1) is 0 Å². The van der Waals surface area contributed by atoms with Gasteiger partial charge >= 0.3 is 5.97 Å². The number of Topliss-reactive ketones (excluding diaryl/α,β-unsaturated/α-hetero) is 1. The smallest absolute Gasteiger partial charge is 0.302 e. The summed E-state index contributed by atoms with van der Waals surface area (Å²) < 4.78 is 5.68. The summed E-state index contributed by atoms with van der Waals surface area (Å²) >= 11 is 0. The van der Waals surface area contributed by atoms with Crippen molar-refractivity contribution in [2.24, 2.45) is 39.9 Å². The Morgan fingerprint density at radius 2 is 1.73 bits per heavy atom. The minimum absolute atomic E-state index is 0.0925. The standard InChI is InChI=1S/C23H36O3/c1-14-16-8-12-23(5)20(7-6-17-18(25)9-13-22(17,23)4)21(16,3)11-10-19(14)26-15(2)24/h14,16-17,19-20H,6-13H2,1-5H3. The van der Waals surface area contributed by atoms with E-state index in [9.17, 15) is 9.59 Å². The molecule has 4 rings (SSSR count). The number of carbonyl (C=O) groups excluding carboxylic acids is 2. The highest BCUT2D eigenvalue weighted by atomic mass is 16.5. The van der Waals surface area contributed by atoms with Crippen molar-refractivity contribution < 1.29 is 14.3 Å². The summed E-state index contributed by atoms with van der Waals surface area (Å²) in [6.45, 7) is 11.3. The topological polar surface area (TPSA) is 43.4 Å². The van der Waals surface area contributed by atoms with E-state index < -0.39 is 0 Å². The summed E-state index contributed by atoms with van der Waals surface area (Å²) in [7, 11) is 0. The third-order valence-corrected chi connectivity index (χ3v) is 9.99. The van der Waals surface area contributed by atoms with Gasteiger partial charge < -0.3 is 4.74 Å². The minimum atomic E-state index is -0.136. The molecule has 4 saturated carbocycles. The number of esters is 1. The summed E-state index contributed by atoms with van der Waals surface area (Å²) in [5, 5.41) is 0. The van der Waals surface area contributed by atoms with Crippen LogP contribution in [0.5, 0.6) is 0 Å². The third-order valence-electron chi connectivity index (χ3n) is 9.99. The molecule has 8 atom stereocenters. The molecule has 8 unspecified atom stereocenters. The van der Waals surface area contributed by atoms with Gasteiger partial charge in [-0.15, -0.1) is 0 Å². The quantitative estimate of drug-likeness (QED) is 0.606. The summed E-state index contributed by atoms with van der Waals surface area (Å²) in [6.07, 6.45) is 8.91. The molecule has 0 bridgehead atoms. The molecule has 3 heteroatoms. The van der Waals surface area contributed by atoms with Crippen LogP contribution in [0, 0.1) is 39.9 Å². The SMILES string of the molecule is CC(=O)OC1CCC2(C)C(CCC3(C)C2CCC2C(=O)CCC23C)C1C. The van der Waals surface area contributed by atoms with Gasteiger partial charge in [0, 0.05) is 19.3 Å². The molecule has 0 aromatic carbocycles. The largest absolute Gasteiger partial charge is 0.462 e. The second-order valence-electron chi connectivity index (χ2n) is 10.7.